The third kappa shape index (κ3) is 10.8. The van der Waals surface area contributed by atoms with E-state index in [1.807, 2.05) is 0 Å². The van der Waals surface area contributed by atoms with E-state index in [1.165, 1.54) is 0 Å². The molecule has 0 saturated carbocycles. The molecule has 178 valence electrons. The number of aliphatic carboxylic acids is 2. The van der Waals surface area contributed by atoms with Gasteiger partial charge >= 0.3 is 0 Å². The maximum atomic E-state index is 12.0. The fourth-order valence-corrected chi connectivity index (χ4v) is 5.27. The van der Waals surface area contributed by atoms with Gasteiger partial charge in [0.1, 0.15) is 5.25 Å². The number of rotatable bonds is 20. The van der Waals surface area contributed by atoms with Crippen LogP contribution in [0.25, 0.3) is 0 Å². The van der Waals surface area contributed by atoms with Gasteiger partial charge in [-0.1, -0.05) is 104 Å². The van der Waals surface area contributed by atoms with Crippen molar-refractivity contribution in [3.8, 4) is 0 Å². The second kappa shape index (κ2) is 15.6. The van der Waals surface area contributed by atoms with Crippen LogP contribution in [0.2, 0.25) is 0 Å². The standard InChI is InChI=1S/C22H42O7S/c1-3-5-7-9-11-13-15-17-22(21(25)26,19(20(23)24)30(27,28)29)18-16-14-12-10-8-6-4-2/h19H,3-18H2,1-2H3,(H,23,24)(H,25,26)(H,27,28,29)/p-2. The first-order valence-electron chi connectivity index (χ1n) is 11.5. The van der Waals surface area contributed by atoms with Crippen molar-refractivity contribution in [1.82, 2.24) is 0 Å². The topological polar surface area (TPSA) is 135 Å². The first-order valence-corrected chi connectivity index (χ1v) is 13.0. The molecule has 0 spiro atoms. The van der Waals surface area contributed by atoms with Gasteiger partial charge in [-0.25, -0.2) is 0 Å². The summed E-state index contributed by atoms with van der Waals surface area (Å²) in [6.07, 6.45) is 12.0. The van der Waals surface area contributed by atoms with E-state index in [2.05, 4.69) is 13.8 Å². The van der Waals surface area contributed by atoms with E-state index in [0.29, 0.717) is 25.7 Å². The zero-order chi connectivity index (χ0) is 23.0. The largest absolute Gasteiger partial charge is 0.549 e. The zero-order valence-corrected chi connectivity index (χ0v) is 19.5. The molecule has 0 aliphatic carbocycles. The minimum absolute atomic E-state index is 0.169. The molecule has 0 saturated heterocycles. The molecule has 0 aliphatic heterocycles. The lowest BCUT2D eigenvalue weighted by Crippen LogP contribution is -2.59. The second-order valence-electron chi connectivity index (χ2n) is 8.40. The van der Waals surface area contributed by atoms with Gasteiger partial charge in [0.05, 0.1) is 5.97 Å². The summed E-state index contributed by atoms with van der Waals surface area (Å²) in [5.41, 5.74) is -2.18. The third-order valence-corrected chi connectivity index (χ3v) is 7.11. The van der Waals surface area contributed by atoms with Crippen LogP contribution in [0, 0.1) is 5.41 Å². The van der Waals surface area contributed by atoms with Gasteiger partial charge in [0.15, 0.2) is 0 Å². The Kier molecular flexibility index (Phi) is 15.0. The molecule has 7 nitrogen and oxygen atoms in total. The Morgan fingerprint density at radius 2 is 1.07 bits per heavy atom. The summed E-state index contributed by atoms with van der Waals surface area (Å²) >= 11 is 0. The summed E-state index contributed by atoms with van der Waals surface area (Å²) in [6.45, 7) is 4.21. The number of hydrogen-bond acceptors (Lipinski definition) is 6. The van der Waals surface area contributed by atoms with Gasteiger partial charge in [-0.15, -0.1) is 0 Å². The maximum Gasteiger partial charge on any atom is 0.274 e. The van der Waals surface area contributed by atoms with Crippen molar-refractivity contribution in [2.75, 3.05) is 0 Å². The number of unbranched alkanes of at least 4 members (excludes halogenated alkanes) is 12. The van der Waals surface area contributed by atoms with Gasteiger partial charge < -0.3 is 19.8 Å². The molecule has 0 amide bonds. The number of carboxylic acids is 2. The van der Waals surface area contributed by atoms with Crippen molar-refractivity contribution in [2.45, 2.75) is 122 Å². The highest BCUT2D eigenvalue weighted by atomic mass is 32.2. The minimum atomic E-state index is -5.16. The number of carboxylic acid groups (broad SMARTS) is 2. The van der Waals surface area contributed by atoms with Crippen LogP contribution >= 0.6 is 0 Å². The molecule has 30 heavy (non-hydrogen) atoms. The Morgan fingerprint density at radius 3 is 1.33 bits per heavy atom. The van der Waals surface area contributed by atoms with Gasteiger partial charge in [-0.05, 0) is 12.8 Å². The van der Waals surface area contributed by atoms with Gasteiger partial charge in [0, 0.05) is 11.4 Å². The van der Waals surface area contributed by atoms with Crippen LogP contribution in [0.15, 0.2) is 0 Å². The molecule has 1 unspecified atom stereocenters. The normalized spacial score (nSPS) is 13.3. The van der Waals surface area contributed by atoms with E-state index >= 15 is 0 Å². The number of hydrogen-bond donors (Lipinski definition) is 1. The lowest BCUT2D eigenvalue weighted by atomic mass is 9.74. The average molecular weight is 449 g/mol. The molecule has 0 aromatic carbocycles. The number of carbonyl (C=O) groups excluding carboxylic acids is 2. The SMILES string of the molecule is CCCCCCCCCC(CCCCCCCCC)(C(=O)[O-])C(C(=O)[O-])S(=O)(=O)O. The molecule has 0 heterocycles. The monoisotopic (exact) mass is 448 g/mol. The first-order chi connectivity index (χ1) is 14.1. The van der Waals surface area contributed by atoms with Crippen molar-refractivity contribution in [3.05, 3.63) is 0 Å². The minimum Gasteiger partial charge on any atom is -0.549 e. The molecule has 1 N–H and O–H groups in total. The molecule has 8 heteroatoms. The molecular weight excluding hydrogens is 408 g/mol. The van der Waals surface area contributed by atoms with Gasteiger partial charge in [-0.2, -0.15) is 8.42 Å². The highest BCUT2D eigenvalue weighted by molar-refractivity contribution is 7.87. The predicted octanol–water partition coefficient (Wildman–Crippen LogP) is 3.01. The lowest BCUT2D eigenvalue weighted by molar-refractivity contribution is -0.328. The van der Waals surface area contributed by atoms with Crippen molar-refractivity contribution in [3.63, 3.8) is 0 Å². The average Bonchev–Trinajstić information content (AvgIpc) is 2.64. The van der Waals surface area contributed by atoms with Crippen LogP contribution in [-0.4, -0.2) is 30.2 Å². The van der Waals surface area contributed by atoms with Crippen molar-refractivity contribution in [2.24, 2.45) is 5.41 Å². The smallest absolute Gasteiger partial charge is 0.274 e. The van der Waals surface area contributed by atoms with Gasteiger partial charge in [0.2, 0.25) is 0 Å². The molecule has 0 aliphatic rings. The Labute approximate surface area is 182 Å². The molecule has 0 bridgehead atoms. The molecule has 0 aromatic heterocycles. The molecule has 0 fully saturated rings. The zero-order valence-electron chi connectivity index (χ0n) is 18.7. The number of carbonyl (C=O) groups is 2. The van der Waals surface area contributed by atoms with Crippen LogP contribution < -0.4 is 10.2 Å². The van der Waals surface area contributed by atoms with E-state index in [4.69, 9.17) is 0 Å². The Hall–Kier alpha value is -1.15. The molecule has 0 rings (SSSR count). The fraction of sp³-hybridized carbons (Fsp3) is 0.909. The van der Waals surface area contributed by atoms with Crippen molar-refractivity contribution >= 4 is 22.1 Å². The summed E-state index contributed by atoms with van der Waals surface area (Å²) in [5.74, 6) is -3.83. The summed E-state index contributed by atoms with van der Waals surface area (Å²) in [7, 11) is -5.16. The summed E-state index contributed by atoms with van der Waals surface area (Å²) < 4.78 is 33.1. The van der Waals surface area contributed by atoms with E-state index in [0.717, 1.165) is 64.2 Å². The molecule has 1 atom stereocenters. The predicted molar refractivity (Wildman–Crippen MR) is 113 cm³/mol. The van der Waals surface area contributed by atoms with Gasteiger partial charge in [0.25, 0.3) is 10.1 Å². The quantitative estimate of drug-likeness (QED) is 0.223. The molecule has 0 aromatic rings. The molecular formula is C22H40O7S-2. The third-order valence-electron chi connectivity index (χ3n) is 5.87. The van der Waals surface area contributed by atoms with Crippen LogP contribution in [0.1, 0.15) is 117 Å². The highest BCUT2D eigenvalue weighted by Crippen LogP contribution is 2.38. The summed E-state index contributed by atoms with van der Waals surface area (Å²) in [4.78, 5) is 23.6. The van der Waals surface area contributed by atoms with E-state index in [-0.39, 0.29) is 12.8 Å². The first kappa shape index (κ1) is 28.9. The van der Waals surface area contributed by atoms with Crippen molar-refractivity contribution < 1.29 is 32.8 Å². The van der Waals surface area contributed by atoms with Crippen LogP contribution in [0.4, 0.5) is 0 Å². The lowest BCUT2D eigenvalue weighted by Gasteiger charge is -2.40. The summed E-state index contributed by atoms with van der Waals surface area (Å²) in [5, 5.41) is 21.1. The summed E-state index contributed by atoms with van der Waals surface area (Å²) in [6, 6.07) is 0. The Bertz CT molecular complexity index is 568. The fourth-order valence-electron chi connectivity index (χ4n) is 4.13. The van der Waals surface area contributed by atoms with E-state index < -0.39 is 32.7 Å². The van der Waals surface area contributed by atoms with Gasteiger partial charge in [-0.3, -0.25) is 4.55 Å². The second-order valence-corrected chi connectivity index (χ2v) is 9.90. The van der Waals surface area contributed by atoms with Crippen LogP contribution in [-0.2, 0) is 19.7 Å². The Balaban J connectivity index is 5.17. The van der Waals surface area contributed by atoms with Crippen LogP contribution in [0.5, 0.6) is 0 Å². The van der Waals surface area contributed by atoms with Crippen molar-refractivity contribution in [1.29, 1.82) is 0 Å². The molecule has 0 radical (unpaired) electrons. The highest BCUT2D eigenvalue weighted by Gasteiger charge is 2.47. The van der Waals surface area contributed by atoms with Crippen LogP contribution in [0.3, 0.4) is 0 Å². The van der Waals surface area contributed by atoms with E-state index in [9.17, 15) is 32.8 Å². The maximum absolute atomic E-state index is 12.0. The Morgan fingerprint density at radius 1 is 0.733 bits per heavy atom. The van der Waals surface area contributed by atoms with E-state index in [1.54, 1.807) is 0 Å².